The van der Waals surface area contributed by atoms with Crippen LogP contribution in [0.2, 0.25) is 5.02 Å². The number of halogens is 1. The lowest BCUT2D eigenvalue weighted by atomic mass is 10.1. The van der Waals surface area contributed by atoms with Gasteiger partial charge in [0.2, 0.25) is 0 Å². The minimum atomic E-state index is 0.449. The van der Waals surface area contributed by atoms with Crippen molar-refractivity contribution in [3.05, 3.63) is 77.6 Å². The first-order valence-electron chi connectivity index (χ1n) is 11.1. The van der Waals surface area contributed by atoms with E-state index in [9.17, 15) is 0 Å². The summed E-state index contributed by atoms with van der Waals surface area (Å²) >= 11 is 6.00. The van der Waals surface area contributed by atoms with Gasteiger partial charge >= 0.3 is 0 Å². The van der Waals surface area contributed by atoms with E-state index >= 15 is 0 Å². The van der Waals surface area contributed by atoms with E-state index in [4.69, 9.17) is 22.7 Å². The second kappa shape index (κ2) is 11.0. The molecule has 0 fully saturated rings. The lowest BCUT2D eigenvalue weighted by Crippen LogP contribution is -2.16. The molecule has 0 bridgehead atoms. The summed E-state index contributed by atoms with van der Waals surface area (Å²) in [4.78, 5) is 8.99. The molecule has 0 saturated carbocycles. The average Bonchev–Trinajstić information content (AvgIpc) is 2.80. The predicted octanol–water partition coefficient (Wildman–Crippen LogP) is 5.43. The number of para-hydroxylation sites is 1. The monoisotopic (exact) mass is 435 g/mol. The number of nitrogens with zero attached hydrogens (tertiary/aromatic N) is 2. The van der Waals surface area contributed by atoms with E-state index in [1.165, 1.54) is 5.56 Å². The zero-order chi connectivity index (χ0) is 22.2. The highest BCUT2D eigenvalue weighted by Gasteiger charge is 2.07. The van der Waals surface area contributed by atoms with Crippen LogP contribution < -0.4 is 10.6 Å². The molecule has 6 heteroatoms. The standard InChI is InChI=1S/C25H27ClN4O/c26-20-7-5-6-19(16-20)17-27-11-3-4-14-31-15-13-29-25-22-10-12-28-18-23(22)21-8-1-2-9-24(21)30-25/h1-2,5-10,12,16,18,27H,3-4,11,13-15,17H2,(H,29,30)/i2D. The van der Waals surface area contributed by atoms with E-state index in [-0.39, 0.29) is 0 Å². The number of nitrogens with one attached hydrogen (secondary N) is 2. The first-order chi connectivity index (χ1) is 15.7. The van der Waals surface area contributed by atoms with Gasteiger partial charge in [0, 0.05) is 53.3 Å². The fourth-order valence-corrected chi connectivity index (χ4v) is 3.76. The number of hydrogen-bond donors (Lipinski definition) is 2. The fourth-order valence-electron chi connectivity index (χ4n) is 3.55. The Hall–Kier alpha value is -2.73. The maximum atomic E-state index is 7.88. The lowest BCUT2D eigenvalue weighted by Gasteiger charge is -2.11. The van der Waals surface area contributed by atoms with Crippen LogP contribution in [-0.4, -0.2) is 36.3 Å². The van der Waals surface area contributed by atoms with Gasteiger partial charge in [-0.1, -0.05) is 41.9 Å². The number of fused-ring (bicyclic) bond motifs is 3. The molecule has 0 atom stereocenters. The molecule has 31 heavy (non-hydrogen) atoms. The molecule has 0 amide bonds. The molecular formula is C25H27ClN4O. The summed E-state index contributed by atoms with van der Waals surface area (Å²) in [6.07, 6.45) is 5.70. The van der Waals surface area contributed by atoms with Crippen molar-refractivity contribution in [2.24, 2.45) is 0 Å². The molecular weight excluding hydrogens is 408 g/mol. The number of pyridine rings is 2. The number of unbranched alkanes of at least 4 members (excludes halogenated alkanes) is 1. The Morgan fingerprint density at radius 1 is 0.968 bits per heavy atom. The highest BCUT2D eigenvalue weighted by Crippen LogP contribution is 2.28. The summed E-state index contributed by atoms with van der Waals surface area (Å²) in [5.74, 6) is 0.800. The average molecular weight is 436 g/mol. The van der Waals surface area contributed by atoms with Crippen LogP contribution >= 0.6 is 11.6 Å². The molecule has 2 heterocycles. The van der Waals surface area contributed by atoms with Crippen LogP contribution in [0, 0.1) is 0 Å². The normalized spacial score (nSPS) is 11.7. The van der Waals surface area contributed by atoms with E-state index in [2.05, 4.69) is 21.7 Å². The van der Waals surface area contributed by atoms with E-state index in [0.717, 1.165) is 65.1 Å². The number of rotatable bonds is 11. The second-order valence-corrected chi connectivity index (χ2v) is 7.81. The van der Waals surface area contributed by atoms with Gasteiger partial charge in [-0.2, -0.15) is 0 Å². The van der Waals surface area contributed by atoms with E-state index in [0.29, 0.717) is 19.2 Å². The number of benzene rings is 2. The Morgan fingerprint density at radius 2 is 1.94 bits per heavy atom. The first kappa shape index (κ1) is 20.2. The molecule has 4 rings (SSSR count). The molecule has 5 nitrogen and oxygen atoms in total. The van der Waals surface area contributed by atoms with E-state index in [1.54, 1.807) is 18.3 Å². The van der Waals surface area contributed by atoms with Gasteiger partial charge in [0.05, 0.1) is 13.5 Å². The minimum Gasteiger partial charge on any atom is -0.380 e. The summed E-state index contributed by atoms with van der Waals surface area (Å²) in [5.41, 5.74) is 2.00. The summed E-state index contributed by atoms with van der Waals surface area (Å²) in [6, 6.07) is 15.8. The molecule has 2 aromatic heterocycles. The van der Waals surface area contributed by atoms with Crippen LogP contribution in [0.3, 0.4) is 0 Å². The van der Waals surface area contributed by atoms with Crippen LogP contribution in [-0.2, 0) is 11.3 Å². The molecule has 0 radical (unpaired) electrons. The maximum absolute atomic E-state index is 7.88. The third-order valence-electron chi connectivity index (χ3n) is 5.09. The summed E-state index contributed by atoms with van der Waals surface area (Å²) in [7, 11) is 0. The van der Waals surface area contributed by atoms with Crippen LogP contribution in [0.25, 0.3) is 21.7 Å². The topological polar surface area (TPSA) is 59.1 Å². The highest BCUT2D eigenvalue weighted by atomic mass is 35.5. The Bertz CT molecular complexity index is 1190. The predicted molar refractivity (Wildman–Crippen MR) is 129 cm³/mol. The van der Waals surface area contributed by atoms with Gasteiger partial charge < -0.3 is 15.4 Å². The van der Waals surface area contributed by atoms with Crippen molar-refractivity contribution in [2.75, 3.05) is 31.6 Å². The molecule has 0 aliphatic heterocycles. The third-order valence-corrected chi connectivity index (χ3v) is 5.33. The Labute approximate surface area is 189 Å². The maximum Gasteiger partial charge on any atom is 0.134 e. The van der Waals surface area contributed by atoms with Crippen LogP contribution in [0.1, 0.15) is 19.8 Å². The molecule has 2 aromatic carbocycles. The number of ether oxygens (including phenoxy) is 1. The SMILES string of the molecule is [2H]c1ccc2c(c1)nc(NCCOCCCCNCc1cccc(Cl)c1)c1ccncc12. The van der Waals surface area contributed by atoms with E-state index in [1.807, 2.05) is 36.5 Å². The van der Waals surface area contributed by atoms with Crippen molar-refractivity contribution < 1.29 is 6.11 Å². The zero-order valence-corrected chi connectivity index (χ0v) is 18.2. The van der Waals surface area contributed by atoms with Gasteiger partial charge in [0.15, 0.2) is 0 Å². The van der Waals surface area contributed by atoms with E-state index < -0.39 is 0 Å². The number of aromatic nitrogens is 2. The Balaban J connectivity index is 1.18. The summed E-state index contributed by atoms with van der Waals surface area (Å²) in [5, 5.41) is 10.7. The van der Waals surface area contributed by atoms with Crippen LogP contribution in [0.4, 0.5) is 5.82 Å². The number of anilines is 1. The molecule has 160 valence electrons. The van der Waals surface area contributed by atoms with Crippen molar-refractivity contribution in [3.8, 4) is 0 Å². The number of hydrogen-bond acceptors (Lipinski definition) is 5. The van der Waals surface area contributed by atoms with Crippen molar-refractivity contribution >= 4 is 39.1 Å². The van der Waals surface area contributed by atoms with Crippen molar-refractivity contribution in [3.63, 3.8) is 0 Å². The summed E-state index contributed by atoms with van der Waals surface area (Å²) < 4.78 is 13.7. The van der Waals surface area contributed by atoms with Gasteiger partial charge in [-0.25, -0.2) is 4.98 Å². The van der Waals surface area contributed by atoms with Gasteiger partial charge in [0.1, 0.15) is 5.82 Å². The Kier molecular flexibility index (Phi) is 7.20. The third kappa shape index (κ3) is 5.91. The van der Waals surface area contributed by atoms with Crippen molar-refractivity contribution in [1.82, 2.24) is 15.3 Å². The largest absolute Gasteiger partial charge is 0.380 e. The minimum absolute atomic E-state index is 0.449. The molecule has 0 spiro atoms. The molecule has 0 saturated heterocycles. The molecule has 0 aliphatic carbocycles. The molecule has 0 aliphatic rings. The van der Waals surface area contributed by atoms with Crippen molar-refractivity contribution in [2.45, 2.75) is 19.4 Å². The highest BCUT2D eigenvalue weighted by molar-refractivity contribution is 6.30. The van der Waals surface area contributed by atoms with Gasteiger partial charge in [-0.3, -0.25) is 4.98 Å². The van der Waals surface area contributed by atoms with Gasteiger partial charge in [-0.05, 0) is 49.2 Å². The Morgan fingerprint density at radius 3 is 2.87 bits per heavy atom. The lowest BCUT2D eigenvalue weighted by molar-refractivity contribution is 0.140. The molecule has 4 aromatic rings. The quantitative estimate of drug-likeness (QED) is 0.243. The van der Waals surface area contributed by atoms with Gasteiger partial charge in [0.25, 0.3) is 0 Å². The van der Waals surface area contributed by atoms with Crippen LogP contribution in [0.5, 0.6) is 0 Å². The fraction of sp³-hybridized carbons (Fsp3) is 0.280. The molecule has 0 unspecified atom stereocenters. The second-order valence-electron chi connectivity index (χ2n) is 7.38. The zero-order valence-electron chi connectivity index (χ0n) is 18.4. The van der Waals surface area contributed by atoms with Crippen molar-refractivity contribution in [1.29, 1.82) is 0 Å². The van der Waals surface area contributed by atoms with Crippen LogP contribution in [0.15, 0.2) is 67.0 Å². The molecule has 2 N–H and O–H groups in total. The first-order valence-corrected chi connectivity index (χ1v) is 11.0. The smallest absolute Gasteiger partial charge is 0.134 e. The summed E-state index contributed by atoms with van der Waals surface area (Å²) in [6.45, 7) is 3.80. The van der Waals surface area contributed by atoms with Gasteiger partial charge in [-0.15, -0.1) is 0 Å².